The summed E-state index contributed by atoms with van der Waals surface area (Å²) in [4.78, 5) is 90.9. The summed E-state index contributed by atoms with van der Waals surface area (Å²) in [6.45, 7) is 6.19. The first kappa shape index (κ1) is 44.3. The molecule has 1 fully saturated rings. The molecule has 2 unspecified atom stereocenters. The van der Waals surface area contributed by atoms with Crippen molar-refractivity contribution in [2.45, 2.75) is 103 Å². The van der Waals surface area contributed by atoms with Gasteiger partial charge in [-0.2, -0.15) is 0 Å². The summed E-state index contributed by atoms with van der Waals surface area (Å²) >= 11 is 5.98. The van der Waals surface area contributed by atoms with Crippen LogP contribution >= 0.6 is 11.6 Å². The molecule has 14 heteroatoms. The van der Waals surface area contributed by atoms with E-state index in [9.17, 15) is 38.7 Å². The molecule has 294 valence electrons. The van der Waals surface area contributed by atoms with Gasteiger partial charge in [0.25, 0.3) is 0 Å². The molecule has 8 atom stereocenters. The van der Waals surface area contributed by atoms with Gasteiger partial charge in [0.2, 0.25) is 11.8 Å². The molecular formula is C40H53ClN4O9. The van der Waals surface area contributed by atoms with Gasteiger partial charge in [0.1, 0.15) is 12.1 Å². The molecule has 0 aliphatic carbocycles. The number of benzene rings is 2. The average molecular weight is 769 g/mol. The molecule has 0 saturated carbocycles. The van der Waals surface area contributed by atoms with E-state index in [1.165, 1.54) is 20.8 Å². The van der Waals surface area contributed by atoms with E-state index < -0.39 is 65.7 Å². The standard InChI is InChI=1S/C40H53ClN4O9/c1-22(36(51)38-37(54-38)25(4)47)19-33(49)31(7-5-6-17-42)44-39(52)23(2)20-34(50)35(24(3)46)45-40(53)29(16-18-43)21-32(48)28-10-8-26(9-11-28)27-12-14-30(41)15-13-27/h8-15,22-24,29,31,35,37-38,46H,5-7,16-21,42-43H2,1-4H3,(H,44,52)(H,45,53)/t22-,23-,24-,29-,31+,35+,37?,38?/m1/s1. The Morgan fingerprint density at radius 1 is 0.741 bits per heavy atom. The third-order valence-electron chi connectivity index (χ3n) is 9.60. The zero-order valence-corrected chi connectivity index (χ0v) is 32.1. The number of carbonyl (C=O) groups is 7. The van der Waals surface area contributed by atoms with E-state index in [4.69, 9.17) is 27.8 Å². The molecule has 0 spiro atoms. The van der Waals surface area contributed by atoms with Gasteiger partial charge in [-0.15, -0.1) is 0 Å². The fraction of sp³-hybridized carbons (Fsp3) is 0.525. The van der Waals surface area contributed by atoms with Crippen LogP contribution in [0.1, 0.15) is 83.0 Å². The minimum atomic E-state index is -1.38. The summed E-state index contributed by atoms with van der Waals surface area (Å²) < 4.78 is 5.16. The maximum atomic E-state index is 13.4. The lowest BCUT2D eigenvalue weighted by atomic mass is 9.91. The molecule has 0 radical (unpaired) electrons. The Kier molecular flexibility index (Phi) is 17.3. The fourth-order valence-corrected chi connectivity index (χ4v) is 6.33. The van der Waals surface area contributed by atoms with Crippen molar-refractivity contribution in [1.29, 1.82) is 0 Å². The maximum Gasteiger partial charge on any atom is 0.224 e. The van der Waals surface area contributed by atoms with E-state index in [-0.39, 0.29) is 61.8 Å². The van der Waals surface area contributed by atoms with Crippen LogP contribution in [0.3, 0.4) is 0 Å². The van der Waals surface area contributed by atoms with Crippen molar-refractivity contribution in [2.24, 2.45) is 29.2 Å². The van der Waals surface area contributed by atoms with Gasteiger partial charge in [-0.1, -0.05) is 61.8 Å². The third kappa shape index (κ3) is 13.0. The van der Waals surface area contributed by atoms with Crippen molar-refractivity contribution in [3.05, 3.63) is 59.1 Å². The van der Waals surface area contributed by atoms with Crippen molar-refractivity contribution in [3.8, 4) is 11.1 Å². The van der Waals surface area contributed by atoms with Gasteiger partial charge in [-0.25, -0.2) is 0 Å². The first-order chi connectivity index (χ1) is 25.6. The van der Waals surface area contributed by atoms with E-state index in [0.29, 0.717) is 30.0 Å². The summed E-state index contributed by atoms with van der Waals surface area (Å²) in [7, 11) is 0. The summed E-state index contributed by atoms with van der Waals surface area (Å²) in [5.41, 5.74) is 13.6. The number of halogens is 1. The maximum absolute atomic E-state index is 13.4. The molecule has 2 aromatic rings. The lowest BCUT2D eigenvalue weighted by Gasteiger charge is -2.25. The number of ether oxygens (including phenoxy) is 1. The number of hydrogen-bond donors (Lipinski definition) is 5. The molecule has 3 rings (SSSR count). The normalized spacial score (nSPS) is 18.3. The monoisotopic (exact) mass is 768 g/mol. The lowest BCUT2D eigenvalue weighted by molar-refractivity contribution is -0.135. The van der Waals surface area contributed by atoms with Crippen LogP contribution < -0.4 is 22.1 Å². The minimum absolute atomic E-state index is 0.0940. The number of aliphatic hydroxyl groups is 1. The SMILES string of the molecule is CC(=O)C1OC1C(=O)[C@H](C)CC(=O)[C@H](CCCCN)NC(=O)[C@H](C)CC(=O)[C@@H](NC(=O)[C@H](CCN)CC(=O)c1ccc(-c2ccc(Cl)cc2)cc1)[C@@H](C)O. The van der Waals surface area contributed by atoms with Crippen molar-refractivity contribution in [2.75, 3.05) is 13.1 Å². The number of unbranched alkanes of at least 4 members (excludes halogenated alkanes) is 1. The number of aliphatic hydroxyl groups excluding tert-OH is 1. The van der Waals surface area contributed by atoms with Crippen LogP contribution in [-0.4, -0.2) is 89.3 Å². The molecule has 1 saturated heterocycles. The van der Waals surface area contributed by atoms with Crippen molar-refractivity contribution < 1.29 is 43.4 Å². The largest absolute Gasteiger partial charge is 0.391 e. The Labute approximate surface area is 321 Å². The molecule has 13 nitrogen and oxygen atoms in total. The number of ketones is 5. The van der Waals surface area contributed by atoms with Crippen LogP contribution in [0.5, 0.6) is 0 Å². The van der Waals surface area contributed by atoms with Crippen LogP contribution in [0.2, 0.25) is 5.02 Å². The van der Waals surface area contributed by atoms with Gasteiger partial charge in [-0.3, -0.25) is 33.6 Å². The average Bonchev–Trinajstić information content (AvgIpc) is 3.94. The van der Waals surface area contributed by atoms with Gasteiger partial charge in [0, 0.05) is 47.6 Å². The van der Waals surface area contributed by atoms with Crippen molar-refractivity contribution in [1.82, 2.24) is 10.6 Å². The van der Waals surface area contributed by atoms with Crippen molar-refractivity contribution >= 4 is 52.3 Å². The van der Waals surface area contributed by atoms with E-state index in [2.05, 4.69) is 10.6 Å². The summed E-state index contributed by atoms with van der Waals surface area (Å²) in [5.74, 6) is -5.74. The highest BCUT2D eigenvalue weighted by Crippen LogP contribution is 2.28. The first-order valence-corrected chi connectivity index (χ1v) is 18.8. The minimum Gasteiger partial charge on any atom is -0.391 e. The number of epoxide rings is 1. The molecule has 2 amide bonds. The highest BCUT2D eigenvalue weighted by molar-refractivity contribution is 6.30. The molecule has 1 aliphatic rings. The molecule has 1 heterocycles. The summed E-state index contributed by atoms with van der Waals surface area (Å²) in [5, 5.41) is 16.4. The Morgan fingerprint density at radius 3 is 1.87 bits per heavy atom. The van der Waals surface area contributed by atoms with E-state index in [0.717, 1.165) is 11.1 Å². The number of rotatable bonds is 24. The predicted octanol–water partition coefficient (Wildman–Crippen LogP) is 3.14. The second kappa shape index (κ2) is 21.1. The highest BCUT2D eigenvalue weighted by Gasteiger charge is 2.49. The summed E-state index contributed by atoms with van der Waals surface area (Å²) in [6.07, 6.45) is -2.18. The van der Waals surface area contributed by atoms with Gasteiger partial charge >= 0.3 is 0 Å². The molecule has 0 bridgehead atoms. The number of Topliss-reactive ketones (excluding diaryl/α,β-unsaturated/α-hetero) is 5. The van der Waals surface area contributed by atoms with Gasteiger partial charge < -0.3 is 31.9 Å². The van der Waals surface area contributed by atoms with Crippen LogP contribution in [0.4, 0.5) is 0 Å². The smallest absolute Gasteiger partial charge is 0.224 e. The third-order valence-corrected chi connectivity index (χ3v) is 9.85. The second-order valence-electron chi connectivity index (χ2n) is 14.2. The number of hydrogen-bond acceptors (Lipinski definition) is 11. The van der Waals surface area contributed by atoms with Crippen molar-refractivity contribution in [3.63, 3.8) is 0 Å². The predicted molar refractivity (Wildman–Crippen MR) is 203 cm³/mol. The highest BCUT2D eigenvalue weighted by atomic mass is 35.5. The van der Waals surface area contributed by atoms with Gasteiger partial charge in [0.15, 0.2) is 35.0 Å². The Balaban J connectivity index is 1.61. The molecule has 7 N–H and O–H groups in total. The van der Waals surface area contributed by atoms with Gasteiger partial charge in [-0.05, 0) is 75.9 Å². The number of amides is 2. The number of nitrogens with one attached hydrogen (secondary N) is 2. The molecular weight excluding hydrogens is 716 g/mol. The van der Waals surface area contributed by atoms with Gasteiger partial charge in [0.05, 0.1) is 12.1 Å². The molecule has 54 heavy (non-hydrogen) atoms. The zero-order chi connectivity index (χ0) is 40.1. The molecule has 1 aliphatic heterocycles. The quantitative estimate of drug-likeness (QED) is 0.0592. The number of nitrogens with two attached hydrogens (primary N) is 2. The van der Waals surface area contributed by atoms with E-state index in [1.54, 1.807) is 43.3 Å². The van der Waals surface area contributed by atoms with Crippen LogP contribution in [-0.2, 0) is 33.5 Å². The van der Waals surface area contributed by atoms with E-state index >= 15 is 0 Å². The molecule has 0 aromatic heterocycles. The Bertz CT molecular complexity index is 1650. The summed E-state index contributed by atoms with van der Waals surface area (Å²) in [6, 6.07) is 11.9. The first-order valence-electron chi connectivity index (χ1n) is 18.4. The van der Waals surface area contributed by atoms with Crippen LogP contribution in [0, 0.1) is 17.8 Å². The Morgan fingerprint density at radius 2 is 1.33 bits per heavy atom. The zero-order valence-electron chi connectivity index (χ0n) is 31.3. The van der Waals surface area contributed by atoms with Crippen LogP contribution in [0.25, 0.3) is 11.1 Å². The Hall–Kier alpha value is -4.14. The molecule has 2 aromatic carbocycles. The lowest BCUT2D eigenvalue weighted by Crippen LogP contribution is -2.51. The number of carbonyl (C=O) groups excluding carboxylic acids is 7. The van der Waals surface area contributed by atoms with E-state index in [1.807, 2.05) is 12.1 Å². The van der Waals surface area contributed by atoms with Crippen LogP contribution in [0.15, 0.2) is 48.5 Å². The second-order valence-corrected chi connectivity index (χ2v) is 14.6. The topological polar surface area (TPSA) is 228 Å². The fourth-order valence-electron chi connectivity index (χ4n) is 6.21.